The molecule has 0 radical (unpaired) electrons. The first-order valence-electron chi connectivity index (χ1n) is 6.48. The molecular formula is C14H16BrNO4. The van der Waals surface area contributed by atoms with Crippen molar-refractivity contribution in [1.29, 1.82) is 0 Å². The van der Waals surface area contributed by atoms with Gasteiger partial charge in [-0.3, -0.25) is 4.79 Å². The topological polar surface area (TPSA) is 70.8 Å². The van der Waals surface area contributed by atoms with Crippen LogP contribution in [0, 0.1) is 0 Å². The van der Waals surface area contributed by atoms with Gasteiger partial charge in [0.1, 0.15) is 11.3 Å². The number of furan rings is 1. The van der Waals surface area contributed by atoms with Gasteiger partial charge in [0, 0.05) is 12.6 Å². The van der Waals surface area contributed by atoms with Crippen molar-refractivity contribution in [3.05, 3.63) is 28.6 Å². The minimum absolute atomic E-state index is 0.292. The number of carboxylic acid groups (broad SMARTS) is 1. The quantitative estimate of drug-likeness (QED) is 0.854. The molecular weight excluding hydrogens is 326 g/mol. The van der Waals surface area contributed by atoms with Gasteiger partial charge < -0.3 is 14.4 Å². The average Bonchev–Trinajstić information content (AvgIpc) is 3.02. The Morgan fingerprint density at radius 1 is 1.55 bits per heavy atom. The summed E-state index contributed by atoms with van der Waals surface area (Å²) in [6.07, 6.45) is 4.54. The monoisotopic (exact) mass is 341 g/mol. The van der Waals surface area contributed by atoms with Gasteiger partial charge >= 0.3 is 5.97 Å². The number of hydrogen-bond donors (Lipinski definition) is 1. The fourth-order valence-corrected chi connectivity index (χ4v) is 2.92. The molecule has 2 heterocycles. The maximum absolute atomic E-state index is 12.2. The van der Waals surface area contributed by atoms with Crippen LogP contribution < -0.4 is 0 Å². The van der Waals surface area contributed by atoms with Gasteiger partial charge in [-0.2, -0.15) is 0 Å². The normalized spacial score (nSPS) is 22.6. The standard InChI is InChI=1S/C14H16BrNO4/c1-2-14(13(18)19)8-3-9-16(14)12(17)7-5-10-4-6-11(15)20-10/h4-7H,2-3,8-9H2,1H3,(H,18,19)/b7-5+. The van der Waals surface area contributed by atoms with E-state index in [0.717, 1.165) is 0 Å². The summed E-state index contributed by atoms with van der Waals surface area (Å²) >= 11 is 3.18. The summed E-state index contributed by atoms with van der Waals surface area (Å²) in [4.78, 5) is 25.2. The van der Waals surface area contributed by atoms with Gasteiger partial charge in [-0.1, -0.05) is 6.92 Å². The van der Waals surface area contributed by atoms with Gasteiger partial charge in [0.05, 0.1) is 0 Å². The van der Waals surface area contributed by atoms with E-state index in [1.165, 1.54) is 11.0 Å². The van der Waals surface area contributed by atoms with Crippen molar-refractivity contribution in [1.82, 2.24) is 4.90 Å². The van der Waals surface area contributed by atoms with Crippen LogP contribution in [0.5, 0.6) is 0 Å². The molecule has 1 atom stereocenters. The van der Waals surface area contributed by atoms with Gasteiger partial charge in [-0.15, -0.1) is 0 Å². The number of halogens is 1. The van der Waals surface area contributed by atoms with E-state index in [-0.39, 0.29) is 5.91 Å². The van der Waals surface area contributed by atoms with Crippen molar-refractivity contribution in [2.75, 3.05) is 6.54 Å². The maximum Gasteiger partial charge on any atom is 0.329 e. The molecule has 5 nitrogen and oxygen atoms in total. The second kappa shape index (κ2) is 5.83. The summed E-state index contributed by atoms with van der Waals surface area (Å²) in [6, 6.07) is 3.45. The molecule has 1 aliphatic rings. The Labute approximate surface area is 125 Å². The second-order valence-corrected chi connectivity index (χ2v) is 5.54. The van der Waals surface area contributed by atoms with Gasteiger partial charge in [-0.05, 0) is 53.4 Å². The summed E-state index contributed by atoms with van der Waals surface area (Å²) in [5.41, 5.74) is -1.06. The molecule has 6 heteroatoms. The zero-order chi connectivity index (χ0) is 14.8. The number of amides is 1. The Bertz CT molecular complexity index is 551. The van der Waals surface area contributed by atoms with Crippen molar-refractivity contribution in [2.24, 2.45) is 0 Å². The third-order valence-electron chi connectivity index (χ3n) is 3.72. The molecule has 1 saturated heterocycles. The predicted molar refractivity (Wildman–Crippen MR) is 77.0 cm³/mol. The van der Waals surface area contributed by atoms with E-state index in [1.807, 2.05) is 0 Å². The van der Waals surface area contributed by atoms with E-state index in [4.69, 9.17) is 4.42 Å². The zero-order valence-electron chi connectivity index (χ0n) is 11.1. The summed E-state index contributed by atoms with van der Waals surface area (Å²) in [6.45, 7) is 2.28. The predicted octanol–water partition coefficient (Wildman–Crippen LogP) is 2.91. The number of rotatable bonds is 4. The molecule has 1 aromatic rings. The van der Waals surface area contributed by atoms with Crippen LogP contribution in [0.15, 0.2) is 27.3 Å². The Balaban J connectivity index is 2.16. The maximum atomic E-state index is 12.2. The van der Waals surface area contributed by atoms with Crippen LogP contribution >= 0.6 is 15.9 Å². The molecule has 0 aliphatic carbocycles. The SMILES string of the molecule is CCC1(C(=O)O)CCCN1C(=O)/C=C/c1ccc(Br)o1. The Kier molecular flexibility index (Phi) is 4.32. The summed E-state index contributed by atoms with van der Waals surface area (Å²) in [7, 11) is 0. The lowest BCUT2D eigenvalue weighted by molar-refractivity contribution is -0.155. The van der Waals surface area contributed by atoms with E-state index in [1.54, 1.807) is 25.1 Å². The minimum Gasteiger partial charge on any atom is -0.479 e. The van der Waals surface area contributed by atoms with Gasteiger partial charge in [0.2, 0.25) is 5.91 Å². The van der Waals surface area contributed by atoms with Crippen LogP contribution in [0.4, 0.5) is 0 Å². The molecule has 1 amide bonds. The first-order chi connectivity index (χ1) is 9.49. The molecule has 1 aliphatic heterocycles. The summed E-state index contributed by atoms with van der Waals surface area (Å²) < 4.78 is 5.85. The Morgan fingerprint density at radius 3 is 2.85 bits per heavy atom. The molecule has 0 saturated carbocycles. The zero-order valence-corrected chi connectivity index (χ0v) is 12.7. The molecule has 108 valence electrons. The summed E-state index contributed by atoms with van der Waals surface area (Å²) in [5, 5.41) is 9.43. The van der Waals surface area contributed by atoms with E-state index >= 15 is 0 Å². The third kappa shape index (κ3) is 2.65. The largest absolute Gasteiger partial charge is 0.479 e. The molecule has 20 heavy (non-hydrogen) atoms. The molecule has 0 aromatic carbocycles. The number of carbonyl (C=O) groups is 2. The highest BCUT2D eigenvalue weighted by molar-refractivity contribution is 9.10. The lowest BCUT2D eigenvalue weighted by Gasteiger charge is -2.33. The van der Waals surface area contributed by atoms with Crippen LogP contribution in [0.3, 0.4) is 0 Å². The van der Waals surface area contributed by atoms with Gasteiger partial charge in [0.25, 0.3) is 0 Å². The van der Waals surface area contributed by atoms with Crippen LogP contribution in [-0.2, 0) is 9.59 Å². The lowest BCUT2D eigenvalue weighted by Crippen LogP contribution is -2.52. The molecule has 1 fully saturated rings. The molecule has 0 spiro atoms. The van der Waals surface area contributed by atoms with Crippen molar-refractivity contribution in [2.45, 2.75) is 31.7 Å². The highest BCUT2D eigenvalue weighted by Gasteiger charge is 2.47. The number of hydrogen-bond acceptors (Lipinski definition) is 3. The first kappa shape index (κ1) is 14.8. The second-order valence-electron chi connectivity index (χ2n) is 4.76. The van der Waals surface area contributed by atoms with Gasteiger partial charge in [-0.25, -0.2) is 4.79 Å². The highest BCUT2D eigenvalue weighted by atomic mass is 79.9. The molecule has 0 bridgehead atoms. The summed E-state index contributed by atoms with van der Waals surface area (Å²) in [5.74, 6) is -0.680. The van der Waals surface area contributed by atoms with E-state index < -0.39 is 11.5 Å². The number of nitrogens with zero attached hydrogens (tertiary/aromatic N) is 1. The fourth-order valence-electron chi connectivity index (χ4n) is 2.60. The Morgan fingerprint density at radius 2 is 2.30 bits per heavy atom. The number of carboxylic acids is 1. The van der Waals surface area contributed by atoms with Crippen molar-refractivity contribution in [3.63, 3.8) is 0 Å². The van der Waals surface area contributed by atoms with E-state index in [0.29, 0.717) is 36.2 Å². The van der Waals surface area contributed by atoms with Crippen molar-refractivity contribution in [3.8, 4) is 0 Å². The minimum atomic E-state index is -1.06. The van der Waals surface area contributed by atoms with Crippen LogP contribution in [0.25, 0.3) is 6.08 Å². The number of carbonyl (C=O) groups excluding carboxylic acids is 1. The number of likely N-dealkylation sites (tertiary alicyclic amines) is 1. The fraction of sp³-hybridized carbons (Fsp3) is 0.429. The van der Waals surface area contributed by atoms with Crippen LogP contribution in [0.2, 0.25) is 0 Å². The average molecular weight is 342 g/mol. The van der Waals surface area contributed by atoms with E-state index in [2.05, 4.69) is 15.9 Å². The number of aliphatic carboxylic acids is 1. The van der Waals surface area contributed by atoms with Crippen LogP contribution in [0.1, 0.15) is 31.9 Å². The molecule has 1 aromatic heterocycles. The van der Waals surface area contributed by atoms with Crippen molar-refractivity contribution < 1.29 is 19.1 Å². The highest BCUT2D eigenvalue weighted by Crippen LogP contribution is 2.33. The molecule has 2 rings (SSSR count). The smallest absolute Gasteiger partial charge is 0.329 e. The Hall–Kier alpha value is -1.56. The van der Waals surface area contributed by atoms with Gasteiger partial charge in [0.15, 0.2) is 4.67 Å². The molecule has 1 unspecified atom stereocenters. The van der Waals surface area contributed by atoms with E-state index in [9.17, 15) is 14.7 Å². The first-order valence-corrected chi connectivity index (χ1v) is 7.27. The lowest BCUT2D eigenvalue weighted by atomic mass is 9.93. The molecule has 1 N–H and O–H groups in total. The van der Waals surface area contributed by atoms with Crippen molar-refractivity contribution >= 4 is 33.9 Å². The van der Waals surface area contributed by atoms with Crippen LogP contribution in [-0.4, -0.2) is 34.0 Å². The third-order valence-corrected chi connectivity index (χ3v) is 4.15.